The molecule has 1 spiro atoms. The number of methoxy groups -OCH3 is 1. The van der Waals surface area contributed by atoms with E-state index in [0.717, 1.165) is 48.3 Å². The lowest BCUT2D eigenvalue weighted by atomic mass is 9.93. The number of hydrogen-bond donors (Lipinski definition) is 1. The molecule has 2 fully saturated rings. The second-order valence-corrected chi connectivity index (χ2v) is 7.71. The van der Waals surface area contributed by atoms with Gasteiger partial charge < -0.3 is 19.3 Å². The molecule has 2 aliphatic rings. The normalized spacial score (nSPS) is 23.2. The molecule has 1 N–H and O–H groups in total. The smallest absolute Gasteiger partial charge is 0.122 e. The Hall–Kier alpha value is -2.04. The maximum Gasteiger partial charge on any atom is 0.122 e. The summed E-state index contributed by atoms with van der Waals surface area (Å²) in [6.07, 6.45) is 4.04. The summed E-state index contributed by atoms with van der Waals surface area (Å²) < 4.78 is 17.5. The summed E-state index contributed by atoms with van der Waals surface area (Å²) in [7, 11) is 1.71. The van der Waals surface area contributed by atoms with Crippen LogP contribution < -0.4 is 9.47 Å². The zero-order valence-corrected chi connectivity index (χ0v) is 16.1. The van der Waals surface area contributed by atoms with Gasteiger partial charge in [-0.05, 0) is 60.7 Å². The first-order valence-corrected chi connectivity index (χ1v) is 9.85. The van der Waals surface area contributed by atoms with E-state index in [2.05, 4.69) is 24.3 Å². The third-order valence-electron chi connectivity index (χ3n) is 5.60. The maximum atomic E-state index is 10.3. The van der Waals surface area contributed by atoms with Gasteiger partial charge in [-0.15, -0.1) is 0 Å². The lowest BCUT2D eigenvalue weighted by Crippen LogP contribution is -2.32. The first-order valence-electron chi connectivity index (χ1n) is 9.85. The van der Waals surface area contributed by atoms with Gasteiger partial charge in [-0.2, -0.15) is 0 Å². The van der Waals surface area contributed by atoms with Crippen molar-refractivity contribution < 1.29 is 19.3 Å². The molecule has 2 unspecified atom stereocenters. The van der Waals surface area contributed by atoms with Crippen molar-refractivity contribution in [3.05, 3.63) is 59.2 Å². The summed E-state index contributed by atoms with van der Waals surface area (Å²) in [6, 6.07) is 14.5. The minimum atomic E-state index is -0.275. The lowest BCUT2D eigenvalue weighted by Gasteiger charge is -2.34. The van der Waals surface area contributed by atoms with E-state index in [4.69, 9.17) is 14.2 Å². The topological polar surface area (TPSA) is 47.9 Å². The second kappa shape index (κ2) is 7.53. The number of aliphatic hydroxyl groups is 1. The Morgan fingerprint density at radius 1 is 1.15 bits per heavy atom. The van der Waals surface area contributed by atoms with Gasteiger partial charge in [0.1, 0.15) is 11.5 Å². The van der Waals surface area contributed by atoms with Gasteiger partial charge in [0.05, 0.1) is 31.5 Å². The van der Waals surface area contributed by atoms with E-state index in [1.165, 1.54) is 5.56 Å². The zero-order chi connectivity index (χ0) is 18.9. The van der Waals surface area contributed by atoms with Crippen molar-refractivity contribution in [2.24, 2.45) is 0 Å². The maximum absolute atomic E-state index is 10.3. The van der Waals surface area contributed by atoms with E-state index in [-0.39, 0.29) is 17.8 Å². The van der Waals surface area contributed by atoms with Crippen LogP contribution >= 0.6 is 0 Å². The van der Waals surface area contributed by atoms with Crippen LogP contribution in [0.1, 0.15) is 55.4 Å². The van der Waals surface area contributed by atoms with E-state index in [9.17, 15) is 5.11 Å². The minimum Gasteiger partial charge on any atom is -0.496 e. The lowest BCUT2D eigenvalue weighted by molar-refractivity contribution is -0.113. The molecule has 1 saturated carbocycles. The third-order valence-corrected chi connectivity index (χ3v) is 5.60. The Bertz CT molecular complexity index is 779. The molecule has 0 amide bonds. The van der Waals surface area contributed by atoms with E-state index < -0.39 is 0 Å². The highest BCUT2D eigenvalue weighted by Gasteiger charge is 2.50. The summed E-state index contributed by atoms with van der Waals surface area (Å²) in [5.41, 5.74) is 3.39. The molecule has 2 aromatic carbocycles. The van der Waals surface area contributed by atoms with Gasteiger partial charge in [-0.3, -0.25) is 0 Å². The van der Waals surface area contributed by atoms with Gasteiger partial charge in [0, 0.05) is 19.3 Å². The molecule has 2 aromatic rings. The molecular weight excluding hydrogens is 340 g/mol. The van der Waals surface area contributed by atoms with Crippen LogP contribution in [0, 0.1) is 0 Å². The quantitative estimate of drug-likeness (QED) is 0.819. The molecule has 0 bridgehead atoms. The van der Waals surface area contributed by atoms with Gasteiger partial charge in [0.2, 0.25) is 0 Å². The van der Waals surface area contributed by atoms with E-state index in [0.29, 0.717) is 13.0 Å². The molecule has 1 heterocycles. The Kier molecular flexibility index (Phi) is 5.11. The van der Waals surface area contributed by atoms with Gasteiger partial charge >= 0.3 is 0 Å². The van der Waals surface area contributed by atoms with Crippen molar-refractivity contribution in [3.63, 3.8) is 0 Å². The van der Waals surface area contributed by atoms with Crippen LogP contribution in [0.4, 0.5) is 0 Å². The Labute approximate surface area is 161 Å². The largest absolute Gasteiger partial charge is 0.496 e. The van der Waals surface area contributed by atoms with Crippen LogP contribution in [0.5, 0.6) is 11.5 Å². The van der Waals surface area contributed by atoms with Crippen molar-refractivity contribution in [1.82, 2.24) is 0 Å². The SMILES string of the molecule is CCOc1ccc(Cc2cc(C3CC(O)CC4(CC4)O3)ccc2OC)cc1. The Morgan fingerprint density at radius 2 is 1.93 bits per heavy atom. The standard InChI is InChI=1S/C23H28O4/c1-3-26-20-7-4-16(5-8-20)12-18-13-17(6-9-21(18)25-2)22-14-19(24)15-23(27-22)10-11-23/h4-9,13,19,22,24H,3,10-12,14-15H2,1-2H3. The fraction of sp³-hybridized carbons (Fsp3) is 0.478. The van der Waals surface area contributed by atoms with Crippen LogP contribution in [0.15, 0.2) is 42.5 Å². The number of ether oxygens (including phenoxy) is 3. The summed E-state index contributed by atoms with van der Waals surface area (Å²) >= 11 is 0. The third kappa shape index (κ3) is 4.12. The Morgan fingerprint density at radius 3 is 2.59 bits per heavy atom. The fourth-order valence-electron chi connectivity index (χ4n) is 4.05. The summed E-state index contributed by atoms with van der Waals surface area (Å²) in [5.74, 6) is 1.77. The molecule has 0 aromatic heterocycles. The summed E-state index contributed by atoms with van der Waals surface area (Å²) in [5, 5.41) is 10.3. The average molecular weight is 368 g/mol. The van der Waals surface area contributed by atoms with Crippen molar-refractivity contribution in [1.29, 1.82) is 0 Å². The Balaban J connectivity index is 1.55. The zero-order valence-electron chi connectivity index (χ0n) is 16.1. The minimum absolute atomic E-state index is 0.0405. The molecular formula is C23H28O4. The van der Waals surface area contributed by atoms with Crippen molar-refractivity contribution in [3.8, 4) is 11.5 Å². The van der Waals surface area contributed by atoms with Crippen molar-refractivity contribution in [2.45, 2.75) is 56.8 Å². The number of aliphatic hydroxyl groups excluding tert-OH is 1. The second-order valence-electron chi connectivity index (χ2n) is 7.71. The van der Waals surface area contributed by atoms with Gasteiger partial charge in [0.25, 0.3) is 0 Å². The highest BCUT2D eigenvalue weighted by atomic mass is 16.5. The predicted molar refractivity (Wildman–Crippen MR) is 104 cm³/mol. The molecule has 4 nitrogen and oxygen atoms in total. The molecule has 27 heavy (non-hydrogen) atoms. The van der Waals surface area contributed by atoms with Crippen LogP contribution in [0.2, 0.25) is 0 Å². The highest BCUT2D eigenvalue weighted by molar-refractivity contribution is 5.42. The molecule has 1 aliphatic heterocycles. The van der Waals surface area contributed by atoms with Gasteiger partial charge in [-0.25, -0.2) is 0 Å². The number of hydrogen-bond acceptors (Lipinski definition) is 4. The van der Waals surface area contributed by atoms with Crippen molar-refractivity contribution >= 4 is 0 Å². The van der Waals surface area contributed by atoms with Crippen LogP contribution in [-0.2, 0) is 11.2 Å². The molecule has 4 heteroatoms. The van der Waals surface area contributed by atoms with Gasteiger partial charge in [0.15, 0.2) is 0 Å². The summed E-state index contributed by atoms with van der Waals surface area (Å²) in [4.78, 5) is 0. The molecule has 0 radical (unpaired) electrons. The van der Waals surface area contributed by atoms with E-state index in [1.54, 1.807) is 7.11 Å². The van der Waals surface area contributed by atoms with Crippen LogP contribution in [0.25, 0.3) is 0 Å². The van der Waals surface area contributed by atoms with E-state index >= 15 is 0 Å². The van der Waals surface area contributed by atoms with Gasteiger partial charge in [-0.1, -0.05) is 18.2 Å². The molecule has 144 valence electrons. The highest BCUT2D eigenvalue weighted by Crippen LogP contribution is 2.51. The molecule has 1 aliphatic carbocycles. The fourth-order valence-corrected chi connectivity index (χ4v) is 4.05. The first-order chi connectivity index (χ1) is 13.1. The predicted octanol–water partition coefficient (Wildman–Crippen LogP) is 4.43. The molecule has 4 rings (SSSR count). The monoisotopic (exact) mass is 368 g/mol. The first kappa shape index (κ1) is 18.3. The average Bonchev–Trinajstić information content (AvgIpc) is 3.41. The van der Waals surface area contributed by atoms with Crippen LogP contribution in [0.3, 0.4) is 0 Å². The van der Waals surface area contributed by atoms with Crippen molar-refractivity contribution in [2.75, 3.05) is 13.7 Å². The van der Waals surface area contributed by atoms with E-state index in [1.807, 2.05) is 25.1 Å². The molecule has 1 saturated heterocycles. The number of benzene rings is 2. The summed E-state index contributed by atoms with van der Waals surface area (Å²) in [6.45, 7) is 2.66. The van der Waals surface area contributed by atoms with Crippen LogP contribution in [-0.4, -0.2) is 30.5 Å². The number of rotatable bonds is 6. The molecule has 2 atom stereocenters.